The Morgan fingerprint density at radius 1 is 1.53 bits per heavy atom. The number of nitrogens with two attached hydrogens (primary N) is 1. The van der Waals surface area contributed by atoms with Crippen molar-refractivity contribution in [3.05, 3.63) is 22.9 Å². The average Bonchev–Trinajstić information content (AvgIpc) is 3.13. The molecule has 104 valence electrons. The summed E-state index contributed by atoms with van der Waals surface area (Å²) in [5.74, 6) is 0. The van der Waals surface area contributed by atoms with Crippen LogP contribution in [0.2, 0.25) is 0 Å². The van der Waals surface area contributed by atoms with Crippen LogP contribution in [0.15, 0.2) is 27.8 Å². The van der Waals surface area contributed by atoms with E-state index >= 15 is 0 Å². The van der Waals surface area contributed by atoms with Gasteiger partial charge in [-0.25, -0.2) is 8.42 Å². The number of rotatable bonds is 6. The van der Waals surface area contributed by atoms with Gasteiger partial charge in [-0.2, -0.15) is 4.31 Å². The first-order chi connectivity index (χ1) is 8.91. The molecule has 5 nitrogen and oxygen atoms in total. The summed E-state index contributed by atoms with van der Waals surface area (Å²) in [6.45, 7) is 0.328. The van der Waals surface area contributed by atoms with E-state index in [1.165, 1.54) is 10.5 Å². The zero-order chi connectivity index (χ0) is 14.0. The Kier molecular flexibility index (Phi) is 4.54. The van der Waals surface area contributed by atoms with Crippen LogP contribution in [-0.2, 0) is 10.0 Å². The van der Waals surface area contributed by atoms with Crippen molar-refractivity contribution in [2.75, 3.05) is 6.54 Å². The van der Waals surface area contributed by atoms with E-state index in [1.807, 2.05) is 0 Å². The van der Waals surface area contributed by atoms with Crippen molar-refractivity contribution in [1.29, 1.82) is 0 Å². The molecule has 1 aromatic rings. The fourth-order valence-corrected chi connectivity index (χ4v) is 4.03. The largest absolute Gasteiger partial charge is 0.393 e. The van der Waals surface area contributed by atoms with Crippen molar-refractivity contribution in [3.63, 3.8) is 0 Å². The number of aromatic nitrogens is 1. The average molecular weight is 364 g/mol. The Morgan fingerprint density at radius 3 is 2.74 bits per heavy atom. The Bertz CT molecular complexity index is 587. The van der Waals surface area contributed by atoms with E-state index in [1.54, 1.807) is 12.3 Å². The molecule has 19 heavy (non-hydrogen) atoms. The minimum Gasteiger partial charge on any atom is -0.393 e. The van der Waals surface area contributed by atoms with E-state index in [0.29, 0.717) is 22.4 Å². The number of thiocarbonyl (C=S) groups is 1. The highest BCUT2D eigenvalue weighted by molar-refractivity contribution is 9.10. The summed E-state index contributed by atoms with van der Waals surface area (Å²) < 4.78 is 27.2. The number of pyridine rings is 1. The highest BCUT2D eigenvalue weighted by atomic mass is 79.9. The topological polar surface area (TPSA) is 76.3 Å². The Labute approximate surface area is 126 Å². The van der Waals surface area contributed by atoms with E-state index in [9.17, 15) is 8.42 Å². The lowest BCUT2D eigenvalue weighted by Crippen LogP contribution is -2.35. The molecule has 8 heteroatoms. The molecule has 0 bridgehead atoms. The molecule has 1 saturated carbocycles. The number of sulfonamides is 1. The van der Waals surface area contributed by atoms with Gasteiger partial charge in [-0.15, -0.1) is 0 Å². The molecule has 0 saturated heterocycles. The first kappa shape index (κ1) is 14.8. The summed E-state index contributed by atoms with van der Waals surface area (Å²) in [6.07, 6.45) is 5.08. The van der Waals surface area contributed by atoms with Crippen molar-refractivity contribution in [2.45, 2.75) is 30.2 Å². The highest BCUT2D eigenvalue weighted by Gasteiger charge is 2.37. The van der Waals surface area contributed by atoms with Crippen LogP contribution in [0, 0.1) is 0 Å². The second-order valence-corrected chi connectivity index (χ2v) is 7.73. The van der Waals surface area contributed by atoms with E-state index in [4.69, 9.17) is 18.0 Å². The predicted octanol–water partition coefficient (Wildman–Crippen LogP) is 1.67. The molecule has 0 atom stereocenters. The van der Waals surface area contributed by atoms with Crippen LogP contribution in [0.3, 0.4) is 0 Å². The lowest BCUT2D eigenvalue weighted by molar-refractivity contribution is 0.413. The second kappa shape index (κ2) is 5.82. The molecule has 2 N–H and O–H groups in total. The molecular weight excluding hydrogens is 350 g/mol. The van der Waals surface area contributed by atoms with Crippen LogP contribution < -0.4 is 5.73 Å². The third-order valence-corrected chi connectivity index (χ3v) is 5.37. The molecule has 1 heterocycles. The van der Waals surface area contributed by atoms with Crippen LogP contribution in [-0.4, -0.2) is 35.3 Å². The van der Waals surface area contributed by atoms with Gasteiger partial charge in [0.05, 0.1) is 4.99 Å². The second-order valence-electron chi connectivity index (χ2n) is 4.40. The molecule has 0 unspecified atom stereocenters. The smallest absolute Gasteiger partial charge is 0.244 e. The maximum Gasteiger partial charge on any atom is 0.244 e. The lowest BCUT2D eigenvalue weighted by atomic mass is 10.4. The van der Waals surface area contributed by atoms with Gasteiger partial charge < -0.3 is 5.73 Å². The Hall–Kier alpha value is -0.570. The molecule has 0 aromatic carbocycles. The van der Waals surface area contributed by atoms with Crippen LogP contribution in [0.5, 0.6) is 0 Å². The van der Waals surface area contributed by atoms with Crippen LogP contribution >= 0.6 is 28.1 Å². The molecule has 0 spiro atoms. The van der Waals surface area contributed by atoms with Gasteiger partial charge in [0.2, 0.25) is 10.0 Å². The minimum atomic E-state index is -3.53. The van der Waals surface area contributed by atoms with E-state index in [2.05, 4.69) is 20.9 Å². The summed E-state index contributed by atoms with van der Waals surface area (Å²) >= 11 is 8.05. The molecule has 1 aliphatic carbocycles. The van der Waals surface area contributed by atoms with Crippen LogP contribution in [0.1, 0.15) is 19.3 Å². The molecular formula is C11H14BrN3O2S2. The number of halogens is 1. The molecule has 1 aromatic heterocycles. The third kappa shape index (κ3) is 3.71. The SMILES string of the molecule is NC(=S)CCN(C1CC1)S(=O)(=O)c1cncc(Br)c1. The molecule has 0 aliphatic heterocycles. The fourth-order valence-electron chi connectivity index (χ4n) is 1.75. The quantitative estimate of drug-likeness (QED) is 0.778. The molecule has 0 radical (unpaired) electrons. The van der Waals surface area contributed by atoms with Gasteiger partial charge >= 0.3 is 0 Å². The monoisotopic (exact) mass is 363 g/mol. The van der Waals surface area contributed by atoms with Gasteiger partial charge in [-0.1, -0.05) is 12.2 Å². The van der Waals surface area contributed by atoms with Gasteiger partial charge in [0.1, 0.15) is 4.90 Å². The molecule has 2 rings (SSSR count). The van der Waals surface area contributed by atoms with Crippen molar-refractivity contribution >= 4 is 43.2 Å². The van der Waals surface area contributed by atoms with Gasteiger partial charge in [-0.05, 0) is 34.8 Å². The first-order valence-electron chi connectivity index (χ1n) is 5.82. The summed E-state index contributed by atoms with van der Waals surface area (Å²) in [5.41, 5.74) is 5.46. The third-order valence-electron chi connectivity index (χ3n) is 2.82. The lowest BCUT2D eigenvalue weighted by Gasteiger charge is -2.21. The van der Waals surface area contributed by atoms with E-state index < -0.39 is 10.0 Å². The van der Waals surface area contributed by atoms with Gasteiger partial charge in [0.25, 0.3) is 0 Å². The number of hydrogen-bond donors (Lipinski definition) is 1. The van der Waals surface area contributed by atoms with Gasteiger partial charge in [0.15, 0.2) is 0 Å². The van der Waals surface area contributed by atoms with Crippen LogP contribution in [0.4, 0.5) is 0 Å². The maximum atomic E-state index is 12.6. The highest BCUT2D eigenvalue weighted by Crippen LogP contribution is 2.32. The molecule has 1 fully saturated rings. The molecule has 1 aliphatic rings. The predicted molar refractivity (Wildman–Crippen MR) is 80.3 cm³/mol. The Morgan fingerprint density at radius 2 is 2.21 bits per heavy atom. The summed E-state index contributed by atoms with van der Waals surface area (Å²) in [5, 5.41) is 0. The van der Waals surface area contributed by atoms with Crippen LogP contribution in [0.25, 0.3) is 0 Å². The summed E-state index contributed by atoms with van der Waals surface area (Å²) in [6, 6.07) is 1.62. The first-order valence-corrected chi connectivity index (χ1v) is 8.46. The van der Waals surface area contributed by atoms with Crippen molar-refractivity contribution in [3.8, 4) is 0 Å². The van der Waals surface area contributed by atoms with Crippen molar-refractivity contribution in [2.24, 2.45) is 5.73 Å². The van der Waals surface area contributed by atoms with Crippen molar-refractivity contribution in [1.82, 2.24) is 9.29 Å². The van der Waals surface area contributed by atoms with Gasteiger partial charge in [-0.3, -0.25) is 4.98 Å². The Balaban J connectivity index is 2.26. The number of nitrogens with zero attached hydrogens (tertiary/aromatic N) is 2. The zero-order valence-corrected chi connectivity index (χ0v) is 13.3. The zero-order valence-electron chi connectivity index (χ0n) is 10.1. The normalized spacial score (nSPS) is 15.7. The van der Waals surface area contributed by atoms with Gasteiger partial charge in [0, 0.05) is 35.9 Å². The standard InChI is InChI=1S/C11H14BrN3O2S2/c12-8-5-10(7-14-6-8)19(16,17)15(9-1-2-9)4-3-11(13)18/h5-7,9H,1-4H2,(H2,13,18). The molecule has 0 amide bonds. The summed E-state index contributed by atoms with van der Waals surface area (Å²) in [4.78, 5) is 4.42. The minimum absolute atomic E-state index is 0.0679. The fraction of sp³-hybridized carbons (Fsp3) is 0.455. The summed E-state index contributed by atoms with van der Waals surface area (Å²) in [7, 11) is -3.53. The van der Waals surface area contributed by atoms with E-state index in [-0.39, 0.29) is 10.9 Å². The number of hydrogen-bond acceptors (Lipinski definition) is 4. The van der Waals surface area contributed by atoms with Crippen molar-refractivity contribution < 1.29 is 8.42 Å². The maximum absolute atomic E-state index is 12.6. The van der Waals surface area contributed by atoms with E-state index in [0.717, 1.165) is 12.8 Å².